The standard InChI is InChI=1S/5C9H18N2.C9H17N.3C8H16N2.2C7H14N2/c1-10-5-4-9-8(7-10)3-6-11(9)2;1-10-5-3-8-4-6-11(2)9(8)7-10;2*1-10-4-3-8-5-11(2)7-9(8)6-10;1-10-6-3-4-8-9(10)5-7-11(8)2;1-7-3-4-9-8(7)5-6-10(9)2;1-9-3-7-5-10(2)6-8(7)4-9;1-9-5-7-3-4-10(2)8(7)6-9;1-9-4-3-7-5-10(2)8(7)6-9;2*1-8-3-6-4-9(2)7(6)5-8/h5*8-9H,3-7H2,1-2H3;7-9H,3-6H2,1-2H3;3*7-8H,3-6H2,1-2H3;2*6-7H,3-5H2,1-2H3/t;;;;;7-,8?,9?;;;;;/m.....1...../s1. The van der Waals surface area contributed by atoms with Gasteiger partial charge >= 0.3 is 0 Å². The van der Waals surface area contributed by atoms with E-state index in [0.717, 1.165) is 137 Å². The number of hydrogen-bond acceptors (Lipinski definition) is 21. The highest BCUT2D eigenvalue weighted by molar-refractivity contribution is 5.02. The molecule has 0 spiro atoms. The molecule has 21 aliphatic heterocycles. The van der Waals surface area contributed by atoms with Crippen LogP contribution >= 0.6 is 0 Å². The zero-order chi connectivity index (χ0) is 80.6. The molecule has 21 atom stereocenters. The molecular weight excluding hydrogens is 1400 g/mol. The first-order chi connectivity index (χ1) is 54.0. The average Bonchev–Trinajstić information content (AvgIpc) is 1.32. The highest BCUT2D eigenvalue weighted by Crippen LogP contribution is 2.42. The SMILES string of the molecule is CN1CC2CCN(C)C2C1.CN1CC2CN(C)C2C1.CN1CC2CN(C)C2C1.CN1CC2CN(C)CC2C1.CN1CCC2C(CCN2C)C1.CN1CCC2CCN(C)C2C1.CN1CCC2CN(C)C2C1.CN1CCC2CN(C)CC2C1.CN1CCC2CN(C)CC2C1.CN1CCCC2C1CCN2C.C[C@@H]1CCC2C1CCN2C. The molecule has 0 bridgehead atoms. The fourth-order valence-electron chi connectivity index (χ4n) is 27.0. The second-order valence-corrected chi connectivity index (χ2v) is 43.5. The Morgan fingerprint density at radius 1 is 0.142 bits per heavy atom. The lowest BCUT2D eigenvalue weighted by Crippen LogP contribution is -2.61. The highest BCUT2D eigenvalue weighted by atomic mass is 15.3. The summed E-state index contributed by atoms with van der Waals surface area (Å²) >= 11 is 0. The van der Waals surface area contributed by atoms with Crippen LogP contribution in [0, 0.1) is 82.9 Å². The van der Waals surface area contributed by atoms with Crippen LogP contribution in [-0.4, -0.2) is 521 Å². The molecule has 21 heteroatoms. The average molecular weight is 1580 g/mol. The van der Waals surface area contributed by atoms with E-state index >= 15 is 0 Å². The van der Waals surface area contributed by atoms with E-state index in [1.807, 2.05) is 0 Å². The van der Waals surface area contributed by atoms with Crippen LogP contribution in [0.15, 0.2) is 0 Å². The Labute approximate surface area is 697 Å². The van der Waals surface area contributed by atoms with E-state index < -0.39 is 0 Å². The number of nitrogens with zero attached hydrogens (tertiary/aromatic N) is 21. The second kappa shape index (κ2) is 42.5. The lowest BCUT2D eigenvalue weighted by molar-refractivity contribution is -0.0184. The summed E-state index contributed by atoms with van der Waals surface area (Å²) in [5.41, 5.74) is 0. The van der Waals surface area contributed by atoms with Crippen LogP contribution in [0.25, 0.3) is 0 Å². The van der Waals surface area contributed by atoms with Crippen molar-refractivity contribution in [3.05, 3.63) is 0 Å². The van der Waals surface area contributed by atoms with Gasteiger partial charge in [0, 0.05) is 210 Å². The van der Waals surface area contributed by atoms with Crippen LogP contribution in [0.3, 0.4) is 0 Å². The van der Waals surface area contributed by atoms with Crippen molar-refractivity contribution >= 4 is 0 Å². The van der Waals surface area contributed by atoms with Crippen molar-refractivity contribution < 1.29 is 0 Å². The van der Waals surface area contributed by atoms with E-state index in [9.17, 15) is 0 Å². The zero-order valence-corrected chi connectivity index (χ0v) is 77.9. The smallest absolute Gasteiger partial charge is 0.0272 e. The number of hydrogen-bond donors (Lipinski definition) is 0. The van der Waals surface area contributed by atoms with Gasteiger partial charge in [0.15, 0.2) is 0 Å². The molecule has 22 aliphatic rings. The number of likely N-dealkylation sites (tertiary alicyclic amines) is 21. The predicted octanol–water partition coefficient (Wildman–Crippen LogP) is 5.14. The van der Waals surface area contributed by atoms with E-state index in [-0.39, 0.29) is 0 Å². The fraction of sp³-hybridized carbons (Fsp3) is 1.00. The molecule has 113 heavy (non-hydrogen) atoms. The molecule has 20 unspecified atom stereocenters. The van der Waals surface area contributed by atoms with Crippen molar-refractivity contribution in [3.8, 4) is 0 Å². The number of rotatable bonds is 0. The van der Waals surface area contributed by atoms with Gasteiger partial charge in [-0.15, -0.1) is 0 Å². The Morgan fingerprint density at radius 3 is 0.832 bits per heavy atom. The minimum atomic E-state index is 0.869. The van der Waals surface area contributed by atoms with Crippen molar-refractivity contribution in [1.29, 1.82) is 0 Å². The van der Waals surface area contributed by atoms with Gasteiger partial charge in [-0.1, -0.05) is 6.92 Å². The van der Waals surface area contributed by atoms with E-state index in [1.165, 1.54) is 306 Å². The molecule has 0 aromatic carbocycles. The third-order valence-electron chi connectivity index (χ3n) is 34.1. The van der Waals surface area contributed by atoms with Gasteiger partial charge in [-0.05, 0) is 381 Å². The summed E-state index contributed by atoms with van der Waals surface area (Å²) in [5.74, 6) is 14.0. The third-order valence-corrected chi connectivity index (χ3v) is 34.1. The van der Waals surface area contributed by atoms with Crippen molar-refractivity contribution in [2.75, 3.05) is 364 Å². The summed E-state index contributed by atoms with van der Waals surface area (Å²) in [4.78, 5) is 52.1. The van der Waals surface area contributed by atoms with Crippen molar-refractivity contribution in [1.82, 2.24) is 103 Å². The largest absolute Gasteiger partial charge is 0.306 e. The highest BCUT2D eigenvalue weighted by Gasteiger charge is 2.47. The maximum Gasteiger partial charge on any atom is 0.0272 e. The molecule has 0 radical (unpaired) electrons. The Morgan fingerprint density at radius 2 is 0.389 bits per heavy atom. The quantitative estimate of drug-likeness (QED) is 0.322. The summed E-state index contributed by atoms with van der Waals surface area (Å²) < 4.78 is 0. The summed E-state index contributed by atoms with van der Waals surface area (Å²) in [7, 11) is 47.1. The normalized spacial score (nSPS) is 42.6. The van der Waals surface area contributed by atoms with Gasteiger partial charge in [0.1, 0.15) is 0 Å². The van der Waals surface area contributed by atoms with E-state index in [1.54, 1.807) is 0 Å². The molecule has 22 rings (SSSR count). The molecule has 21 saturated heterocycles. The monoisotopic (exact) mass is 1580 g/mol. The van der Waals surface area contributed by atoms with Crippen LogP contribution in [-0.2, 0) is 0 Å². The van der Waals surface area contributed by atoms with E-state index in [2.05, 4.69) is 258 Å². The minimum absolute atomic E-state index is 0.869. The van der Waals surface area contributed by atoms with E-state index in [0.29, 0.717) is 0 Å². The Kier molecular flexibility index (Phi) is 34.4. The lowest BCUT2D eigenvalue weighted by atomic mass is 9.83. The molecule has 21 nitrogen and oxygen atoms in total. The lowest BCUT2D eigenvalue weighted by Gasteiger charge is -2.51. The number of likely N-dealkylation sites (N-methyl/N-ethyl adjacent to an activating group) is 12. The number of piperidine rings is 6. The number of fused-ring (bicyclic) bond motifs is 11. The Balaban J connectivity index is 0.000000115. The molecule has 22 fully saturated rings. The fourth-order valence-corrected chi connectivity index (χ4v) is 27.0. The van der Waals surface area contributed by atoms with Crippen molar-refractivity contribution in [2.45, 2.75) is 151 Å². The Hall–Kier alpha value is -0.840. The maximum atomic E-state index is 2.55. The van der Waals surface area contributed by atoms with Crippen LogP contribution in [0.4, 0.5) is 0 Å². The zero-order valence-electron chi connectivity index (χ0n) is 77.9. The van der Waals surface area contributed by atoms with Crippen molar-refractivity contribution in [2.24, 2.45) is 82.9 Å². The van der Waals surface area contributed by atoms with E-state index in [4.69, 9.17) is 0 Å². The molecule has 0 aromatic heterocycles. The molecule has 1 aliphatic carbocycles. The topological polar surface area (TPSA) is 68.0 Å². The third kappa shape index (κ3) is 24.6. The summed E-state index contributed by atoms with van der Waals surface area (Å²) in [6.07, 6.45) is 20.0. The summed E-state index contributed by atoms with van der Waals surface area (Å²) in [6.45, 7) is 46.0. The molecule has 0 aromatic rings. The van der Waals surface area contributed by atoms with Crippen molar-refractivity contribution in [3.63, 3.8) is 0 Å². The van der Waals surface area contributed by atoms with Gasteiger partial charge in [-0.25, -0.2) is 0 Å². The molecule has 0 amide bonds. The maximum absolute atomic E-state index is 2.55. The summed E-state index contributed by atoms with van der Waals surface area (Å²) in [6, 6.07) is 8.03. The summed E-state index contributed by atoms with van der Waals surface area (Å²) in [5, 5.41) is 0. The van der Waals surface area contributed by atoms with Crippen LogP contribution in [0.2, 0.25) is 0 Å². The van der Waals surface area contributed by atoms with Gasteiger partial charge in [0.05, 0.1) is 0 Å². The van der Waals surface area contributed by atoms with Gasteiger partial charge in [0.2, 0.25) is 0 Å². The van der Waals surface area contributed by atoms with Gasteiger partial charge in [0.25, 0.3) is 0 Å². The van der Waals surface area contributed by atoms with Gasteiger partial charge < -0.3 is 103 Å². The molecular formula is C92H183N21. The van der Waals surface area contributed by atoms with Gasteiger partial charge in [-0.2, -0.15) is 0 Å². The van der Waals surface area contributed by atoms with Crippen LogP contribution in [0.5, 0.6) is 0 Å². The first kappa shape index (κ1) is 91.4. The molecule has 656 valence electrons. The predicted molar refractivity (Wildman–Crippen MR) is 477 cm³/mol. The Bertz CT molecular complexity index is 2630. The first-order valence-electron chi connectivity index (χ1n) is 47.5. The van der Waals surface area contributed by atoms with Crippen LogP contribution < -0.4 is 0 Å². The van der Waals surface area contributed by atoms with Gasteiger partial charge in [-0.3, -0.25) is 0 Å². The second-order valence-electron chi connectivity index (χ2n) is 43.5. The minimum Gasteiger partial charge on any atom is -0.306 e. The van der Waals surface area contributed by atoms with Crippen LogP contribution in [0.1, 0.15) is 96.8 Å². The molecule has 21 heterocycles. The molecule has 0 N–H and O–H groups in total. The first-order valence-corrected chi connectivity index (χ1v) is 47.5. The molecule has 1 saturated carbocycles.